The Morgan fingerprint density at radius 3 is 2.90 bits per heavy atom. The summed E-state index contributed by atoms with van der Waals surface area (Å²) in [5.74, 6) is -0.872. The van der Waals surface area contributed by atoms with Gasteiger partial charge in [-0.15, -0.1) is 0 Å². The van der Waals surface area contributed by atoms with E-state index in [0.717, 1.165) is 6.54 Å². The highest BCUT2D eigenvalue weighted by Gasteiger charge is 2.06. The lowest BCUT2D eigenvalue weighted by molar-refractivity contribution is -0.132. The molecule has 54 valence electrons. The molecule has 0 aromatic carbocycles. The van der Waals surface area contributed by atoms with Crippen LogP contribution in [0.3, 0.4) is 0 Å². The molecule has 0 fully saturated rings. The molecular weight excluding hydrogens is 130 g/mol. The number of aliphatic carboxylic acids is 1. The highest BCUT2D eigenvalue weighted by atomic mass is 16.4. The zero-order chi connectivity index (χ0) is 7.56. The van der Waals surface area contributed by atoms with E-state index in [1.165, 1.54) is 0 Å². The average Bonchev–Trinajstić information content (AvgIpc) is 1.88. The van der Waals surface area contributed by atoms with Gasteiger partial charge in [0.1, 0.15) is 0 Å². The van der Waals surface area contributed by atoms with Crippen molar-refractivity contribution in [2.75, 3.05) is 13.6 Å². The second kappa shape index (κ2) is 2.56. The van der Waals surface area contributed by atoms with Crippen molar-refractivity contribution in [1.29, 1.82) is 0 Å². The molecule has 0 radical (unpaired) electrons. The smallest absolute Gasteiger partial charge is 0.337 e. The molecule has 0 aromatic heterocycles. The molecule has 3 nitrogen and oxygen atoms in total. The molecule has 0 amide bonds. The molecule has 0 saturated heterocycles. The first-order valence-electron chi connectivity index (χ1n) is 3.02. The first-order chi connectivity index (χ1) is 4.70. The molecule has 0 saturated carbocycles. The zero-order valence-corrected chi connectivity index (χ0v) is 5.74. The topological polar surface area (TPSA) is 40.5 Å². The Morgan fingerprint density at radius 2 is 2.50 bits per heavy atom. The Kier molecular flexibility index (Phi) is 1.76. The molecule has 0 bridgehead atoms. The molecule has 0 aromatic rings. The summed E-state index contributed by atoms with van der Waals surface area (Å²) < 4.78 is 0. The van der Waals surface area contributed by atoms with Crippen molar-refractivity contribution in [3.63, 3.8) is 0 Å². The third kappa shape index (κ3) is 1.37. The van der Waals surface area contributed by atoms with Gasteiger partial charge in [-0.2, -0.15) is 0 Å². The minimum atomic E-state index is -0.872. The van der Waals surface area contributed by atoms with Crippen LogP contribution in [-0.4, -0.2) is 29.6 Å². The summed E-state index contributed by atoms with van der Waals surface area (Å²) in [6.45, 7) is 0.788. The summed E-state index contributed by atoms with van der Waals surface area (Å²) >= 11 is 0. The maximum atomic E-state index is 10.4. The lowest BCUT2D eigenvalue weighted by Crippen LogP contribution is -2.16. The molecule has 0 unspecified atom stereocenters. The number of carboxylic acids is 1. The molecule has 1 aliphatic rings. The first kappa shape index (κ1) is 6.86. The number of hydrogen-bond donors (Lipinski definition) is 1. The van der Waals surface area contributed by atoms with Gasteiger partial charge in [-0.05, 0) is 6.08 Å². The van der Waals surface area contributed by atoms with Crippen LogP contribution in [0.25, 0.3) is 0 Å². The highest BCUT2D eigenvalue weighted by Crippen LogP contribution is 2.04. The molecule has 1 heterocycles. The third-order valence-corrected chi connectivity index (χ3v) is 1.30. The number of carbonyl (C=O) groups is 1. The Hall–Kier alpha value is -1.25. The van der Waals surface area contributed by atoms with Crippen LogP contribution in [0.5, 0.6) is 0 Å². The lowest BCUT2D eigenvalue weighted by Gasteiger charge is -2.15. The summed E-state index contributed by atoms with van der Waals surface area (Å²) in [6, 6.07) is 0. The summed E-state index contributed by atoms with van der Waals surface area (Å²) in [4.78, 5) is 12.2. The number of likely N-dealkylation sites (N-methyl/N-ethyl adjacent to an activating group) is 1. The van der Waals surface area contributed by atoms with Gasteiger partial charge in [0.2, 0.25) is 0 Å². The SMILES string of the molecule is CN1C=C(C(=O)O)C=CC1. The Morgan fingerprint density at radius 1 is 1.80 bits per heavy atom. The van der Waals surface area contributed by atoms with Crippen LogP contribution >= 0.6 is 0 Å². The van der Waals surface area contributed by atoms with E-state index >= 15 is 0 Å². The van der Waals surface area contributed by atoms with E-state index in [0.29, 0.717) is 5.57 Å². The molecule has 1 N–H and O–H groups in total. The number of hydrogen-bond acceptors (Lipinski definition) is 2. The highest BCUT2D eigenvalue weighted by molar-refractivity contribution is 5.89. The third-order valence-electron chi connectivity index (χ3n) is 1.30. The predicted octanol–water partition coefficient (Wildman–Crippen LogP) is 0.456. The summed E-state index contributed by atoms with van der Waals surface area (Å²) in [5.41, 5.74) is 0.341. The monoisotopic (exact) mass is 139 g/mol. The van der Waals surface area contributed by atoms with Crippen LogP contribution < -0.4 is 0 Å². The molecule has 1 rings (SSSR count). The second-order valence-electron chi connectivity index (χ2n) is 2.23. The van der Waals surface area contributed by atoms with Crippen molar-refractivity contribution in [3.8, 4) is 0 Å². The number of nitrogens with zero attached hydrogens (tertiary/aromatic N) is 1. The van der Waals surface area contributed by atoms with Crippen LogP contribution in [0.2, 0.25) is 0 Å². The normalized spacial score (nSPS) is 16.9. The number of carboxylic acid groups (broad SMARTS) is 1. The van der Waals surface area contributed by atoms with Gasteiger partial charge in [0.25, 0.3) is 0 Å². The zero-order valence-electron chi connectivity index (χ0n) is 5.74. The Balaban J connectivity index is 2.76. The molecule has 0 aliphatic carbocycles. The van der Waals surface area contributed by atoms with Crippen molar-refractivity contribution < 1.29 is 9.90 Å². The molecule has 1 aliphatic heterocycles. The van der Waals surface area contributed by atoms with Gasteiger partial charge in [0.15, 0.2) is 0 Å². The molecule has 10 heavy (non-hydrogen) atoms. The molecule has 3 heteroatoms. The van der Waals surface area contributed by atoms with Crippen LogP contribution in [0.15, 0.2) is 23.9 Å². The predicted molar refractivity (Wildman–Crippen MR) is 37.5 cm³/mol. The van der Waals surface area contributed by atoms with Gasteiger partial charge in [-0.3, -0.25) is 0 Å². The van der Waals surface area contributed by atoms with E-state index in [-0.39, 0.29) is 0 Å². The summed E-state index contributed by atoms with van der Waals surface area (Å²) in [5, 5.41) is 8.51. The second-order valence-corrected chi connectivity index (χ2v) is 2.23. The van der Waals surface area contributed by atoms with E-state index in [1.54, 1.807) is 12.3 Å². The van der Waals surface area contributed by atoms with Crippen molar-refractivity contribution in [2.45, 2.75) is 0 Å². The van der Waals surface area contributed by atoms with E-state index in [9.17, 15) is 4.79 Å². The van der Waals surface area contributed by atoms with Gasteiger partial charge in [-0.1, -0.05) is 6.08 Å². The lowest BCUT2D eigenvalue weighted by atomic mass is 10.2. The van der Waals surface area contributed by atoms with Gasteiger partial charge < -0.3 is 10.0 Å². The van der Waals surface area contributed by atoms with E-state index in [2.05, 4.69) is 0 Å². The maximum Gasteiger partial charge on any atom is 0.337 e. The Bertz CT molecular complexity index is 206. The number of rotatable bonds is 1. The fraction of sp³-hybridized carbons (Fsp3) is 0.286. The minimum absolute atomic E-state index is 0.341. The quantitative estimate of drug-likeness (QED) is 0.573. The van der Waals surface area contributed by atoms with Crippen LogP contribution in [-0.2, 0) is 4.79 Å². The van der Waals surface area contributed by atoms with Crippen LogP contribution in [0.4, 0.5) is 0 Å². The summed E-state index contributed by atoms with van der Waals surface area (Å²) in [7, 11) is 1.84. The minimum Gasteiger partial charge on any atom is -0.478 e. The van der Waals surface area contributed by atoms with Gasteiger partial charge in [0.05, 0.1) is 5.57 Å². The standard InChI is InChI=1S/C7H9NO2/c1-8-4-2-3-6(5-8)7(9)10/h2-3,5H,4H2,1H3,(H,9,10). The fourth-order valence-electron chi connectivity index (χ4n) is 0.806. The average molecular weight is 139 g/mol. The van der Waals surface area contributed by atoms with Gasteiger partial charge >= 0.3 is 5.97 Å². The van der Waals surface area contributed by atoms with Crippen LogP contribution in [0.1, 0.15) is 0 Å². The maximum absolute atomic E-state index is 10.4. The van der Waals surface area contributed by atoms with Crippen molar-refractivity contribution in [2.24, 2.45) is 0 Å². The van der Waals surface area contributed by atoms with Crippen LogP contribution in [0, 0.1) is 0 Å². The first-order valence-corrected chi connectivity index (χ1v) is 3.02. The Labute approximate surface area is 59.3 Å². The molecular formula is C7H9NO2. The fourth-order valence-corrected chi connectivity index (χ4v) is 0.806. The van der Waals surface area contributed by atoms with Crippen molar-refractivity contribution in [1.82, 2.24) is 4.90 Å². The largest absolute Gasteiger partial charge is 0.478 e. The van der Waals surface area contributed by atoms with Gasteiger partial charge in [0, 0.05) is 19.8 Å². The van der Waals surface area contributed by atoms with Crippen molar-refractivity contribution >= 4 is 5.97 Å². The van der Waals surface area contributed by atoms with Gasteiger partial charge in [-0.25, -0.2) is 4.79 Å². The van der Waals surface area contributed by atoms with E-state index in [4.69, 9.17) is 5.11 Å². The summed E-state index contributed by atoms with van der Waals surface area (Å²) in [6.07, 6.45) is 5.05. The molecule has 0 atom stereocenters. The molecule has 0 spiro atoms. The van der Waals surface area contributed by atoms with E-state index in [1.807, 2.05) is 18.0 Å². The van der Waals surface area contributed by atoms with E-state index < -0.39 is 5.97 Å². The van der Waals surface area contributed by atoms with Crippen molar-refractivity contribution in [3.05, 3.63) is 23.9 Å².